The highest BCUT2D eigenvalue weighted by Crippen LogP contribution is 2.61. The van der Waals surface area contributed by atoms with E-state index < -0.39 is 31.5 Å². The lowest BCUT2D eigenvalue weighted by Gasteiger charge is -2.33. The van der Waals surface area contributed by atoms with Gasteiger partial charge in [-0.15, -0.1) is 0 Å². The van der Waals surface area contributed by atoms with Crippen LogP contribution in [0.4, 0.5) is 17.1 Å². The van der Waals surface area contributed by atoms with Gasteiger partial charge in [0, 0.05) is 52.0 Å². The van der Waals surface area contributed by atoms with E-state index in [4.69, 9.17) is 4.74 Å². The summed E-state index contributed by atoms with van der Waals surface area (Å²) in [6, 6.07) is 22.4. The minimum atomic E-state index is -3.02. The summed E-state index contributed by atoms with van der Waals surface area (Å²) in [6.45, 7) is 6.06. The number of nitrogens with one attached hydrogen (secondary N) is 2. The molecule has 11 heteroatoms. The first-order valence-corrected chi connectivity index (χ1v) is 19.7. The summed E-state index contributed by atoms with van der Waals surface area (Å²) < 4.78 is 6.90. The molecule has 10 nitrogen and oxygen atoms in total. The van der Waals surface area contributed by atoms with Gasteiger partial charge in [-0.2, -0.15) is 0 Å². The number of H-pyrrole nitrogens is 1. The van der Waals surface area contributed by atoms with Gasteiger partial charge in [-0.1, -0.05) is 43.3 Å². The highest BCUT2D eigenvalue weighted by Gasteiger charge is 2.66. The topological polar surface area (TPSA) is 135 Å². The van der Waals surface area contributed by atoms with Crippen molar-refractivity contribution in [2.24, 2.45) is 5.92 Å². The molecule has 48 heavy (non-hydrogen) atoms. The van der Waals surface area contributed by atoms with Crippen molar-refractivity contribution in [2.75, 3.05) is 23.4 Å². The summed E-state index contributed by atoms with van der Waals surface area (Å²) in [5, 5.41) is 13.9. The summed E-state index contributed by atoms with van der Waals surface area (Å²) >= 11 is 0. The van der Waals surface area contributed by atoms with E-state index in [0.717, 1.165) is 29.3 Å². The van der Waals surface area contributed by atoms with Crippen molar-refractivity contribution < 1.29 is 29.0 Å². The van der Waals surface area contributed by atoms with Crippen molar-refractivity contribution in [3.05, 3.63) is 90.1 Å². The van der Waals surface area contributed by atoms with Crippen molar-refractivity contribution in [3.63, 3.8) is 0 Å². The van der Waals surface area contributed by atoms with Crippen molar-refractivity contribution in [2.45, 2.75) is 69.0 Å². The van der Waals surface area contributed by atoms with Gasteiger partial charge >= 0.3 is 0 Å². The first-order valence-electron chi connectivity index (χ1n) is 16.7. The third-order valence-electron chi connectivity index (χ3n) is 10.5. The van der Waals surface area contributed by atoms with Crippen LogP contribution in [0.2, 0.25) is 18.6 Å². The van der Waals surface area contributed by atoms with E-state index in [1.165, 1.54) is 0 Å². The number of benzene rings is 3. The number of carbonyl (C=O) groups excluding carboxylic acids is 3. The molecule has 0 unspecified atom stereocenters. The Labute approximate surface area is 280 Å². The van der Waals surface area contributed by atoms with Gasteiger partial charge in [0.2, 0.25) is 11.8 Å². The molecule has 0 aliphatic carbocycles. The zero-order chi connectivity index (χ0) is 33.8. The lowest BCUT2D eigenvalue weighted by Crippen LogP contribution is -2.45. The van der Waals surface area contributed by atoms with Crippen LogP contribution < -0.4 is 10.2 Å². The predicted octanol–water partition coefficient (Wildman–Crippen LogP) is 5.20. The van der Waals surface area contributed by atoms with Crippen LogP contribution in [-0.2, 0) is 31.1 Å². The first-order chi connectivity index (χ1) is 23.0. The van der Waals surface area contributed by atoms with E-state index in [9.17, 15) is 24.3 Å². The fourth-order valence-corrected chi connectivity index (χ4v) is 11.0. The standard InChI is InChI=1S/C37H42N4O6Si/c1-23-35(48(2,3)46)32(20-34(44)40-17-9-12-27(40)22-42)47-37(23)29-19-25(15-16-31(29)41(36(37)45)26-10-5-4-6-11-26)39-33(43)18-24-21-38-30-14-8-7-13-28(24)30/h4-8,10-11,13-16,19,21,23,27,32,35,38,42,46H,9,12,17-18,20,22H2,1-3H3,(H,39,43)/t23-,27+,32+,35-,37+/m1/s1. The molecule has 250 valence electrons. The summed E-state index contributed by atoms with van der Waals surface area (Å²) in [7, 11) is -3.02. The molecule has 4 N–H and O–H groups in total. The van der Waals surface area contributed by atoms with Crippen LogP contribution in [0, 0.1) is 5.92 Å². The number of fused-ring (bicyclic) bond motifs is 3. The van der Waals surface area contributed by atoms with Gasteiger partial charge in [0.1, 0.15) is 0 Å². The molecule has 1 aromatic heterocycles. The molecule has 1 spiro atoms. The lowest BCUT2D eigenvalue weighted by atomic mass is 9.82. The maximum Gasteiger partial charge on any atom is 0.268 e. The van der Waals surface area contributed by atoms with Crippen LogP contribution >= 0.6 is 0 Å². The maximum absolute atomic E-state index is 14.8. The minimum Gasteiger partial charge on any atom is -0.432 e. The molecule has 2 fully saturated rings. The molecule has 5 atom stereocenters. The summed E-state index contributed by atoms with van der Waals surface area (Å²) in [4.78, 5) is 60.1. The van der Waals surface area contributed by atoms with Gasteiger partial charge < -0.3 is 29.8 Å². The predicted molar refractivity (Wildman–Crippen MR) is 186 cm³/mol. The molecular weight excluding hydrogens is 625 g/mol. The highest BCUT2D eigenvalue weighted by atomic mass is 28.4. The average Bonchev–Trinajstić information content (AvgIpc) is 3.82. The molecule has 3 aromatic carbocycles. The molecule has 7 rings (SSSR count). The van der Waals surface area contributed by atoms with Crippen molar-refractivity contribution in [1.29, 1.82) is 0 Å². The number of aromatic nitrogens is 1. The van der Waals surface area contributed by atoms with Crippen molar-refractivity contribution in [1.82, 2.24) is 9.88 Å². The summed E-state index contributed by atoms with van der Waals surface area (Å²) in [6.07, 6.45) is 2.85. The number of aliphatic hydroxyl groups excluding tert-OH is 1. The number of rotatable bonds is 8. The summed E-state index contributed by atoms with van der Waals surface area (Å²) in [5.74, 6) is -1.11. The summed E-state index contributed by atoms with van der Waals surface area (Å²) in [5.41, 5.74) is 2.34. The van der Waals surface area contributed by atoms with E-state index in [0.29, 0.717) is 29.2 Å². The molecule has 4 aromatic rings. The number of para-hydroxylation sites is 2. The minimum absolute atomic E-state index is 0.000749. The third kappa shape index (κ3) is 5.35. The molecule has 3 amide bonds. The van der Waals surface area contributed by atoms with Crippen LogP contribution in [0.25, 0.3) is 10.9 Å². The average molecular weight is 667 g/mol. The normalized spacial score (nSPS) is 25.3. The number of nitrogens with zero attached hydrogens (tertiary/aromatic N) is 2. The second kappa shape index (κ2) is 12.3. The Kier molecular flexibility index (Phi) is 8.27. The SMILES string of the molecule is C[C@@H]1[C@@H]([Si](C)(C)O)[C@H](CC(=O)N2CCC[C@H]2CO)O[C@@]12C(=O)N(c1ccccc1)c1ccc(NC(=O)Cc3c[nH]c4ccccc34)cc12. The Bertz CT molecular complexity index is 1870. The van der Waals surface area contributed by atoms with Crippen molar-refractivity contribution >= 4 is 54.0 Å². The number of hydrogen-bond donors (Lipinski definition) is 4. The second-order valence-corrected chi connectivity index (χ2v) is 17.9. The van der Waals surface area contributed by atoms with Crippen LogP contribution in [0.15, 0.2) is 79.0 Å². The van der Waals surface area contributed by atoms with Gasteiger partial charge in [0.25, 0.3) is 5.91 Å². The lowest BCUT2D eigenvalue weighted by molar-refractivity contribution is -0.149. The number of aromatic amines is 1. The van der Waals surface area contributed by atoms with Crippen LogP contribution in [0.1, 0.15) is 37.3 Å². The van der Waals surface area contributed by atoms with Gasteiger partial charge in [-0.25, -0.2) is 0 Å². The Balaban J connectivity index is 1.26. The molecule has 2 saturated heterocycles. The van der Waals surface area contributed by atoms with Crippen LogP contribution in [0.5, 0.6) is 0 Å². The molecule has 0 bridgehead atoms. The monoisotopic (exact) mass is 666 g/mol. The Morgan fingerprint density at radius 3 is 2.58 bits per heavy atom. The third-order valence-corrected chi connectivity index (χ3v) is 13.0. The molecular formula is C37H42N4O6Si. The van der Waals surface area contributed by atoms with E-state index in [2.05, 4.69) is 10.3 Å². The molecule has 3 aliphatic rings. The molecule has 4 heterocycles. The highest BCUT2D eigenvalue weighted by molar-refractivity contribution is 6.71. The van der Waals surface area contributed by atoms with E-state index in [-0.39, 0.29) is 43.2 Å². The van der Waals surface area contributed by atoms with E-state index in [1.54, 1.807) is 15.9 Å². The van der Waals surface area contributed by atoms with Crippen LogP contribution in [-0.4, -0.2) is 71.1 Å². The van der Waals surface area contributed by atoms with Gasteiger partial charge in [0.05, 0.1) is 37.3 Å². The number of hydrogen-bond acceptors (Lipinski definition) is 6. The fourth-order valence-electron chi connectivity index (χ4n) is 8.41. The first kappa shape index (κ1) is 32.3. The Morgan fingerprint density at radius 2 is 1.83 bits per heavy atom. The van der Waals surface area contributed by atoms with E-state index in [1.807, 2.05) is 92.9 Å². The number of anilines is 3. The number of likely N-dealkylation sites (tertiary alicyclic amines) is 1. The van der Waals surface area contributed by atoms with Crippen molar-refractivity contribution in [3.8, 4) is 0 Å². The number of ether oxygens (including phenoxy) is 1. The zero-order valence-electron chi connectivity index (χ0n) is 27.5. The zero-order valence-corrected chi connectivity index (χ0v) is 28.5. The second-order valence-electron chi connectivity index (χ2n) is 13.9. The molecule has 0 radical (unpaired) electrons. The number of carbonyl (C=O) groups is 3. The fraction of sp³-hybridized carbons (Fsp3) is 0.378. The van der Waals surface area contributed by atoms with Gasteiger partial charge in [-0.05, 0) is 67.9 Å². The van der Waals surface area contributed by atoms with E-state index >= 15 is 0 Å². The Hall–Kier alpha value is -4.29. The maximum atomic E-state index is 14.8. The smallest absolute Gasteiger partial charge is 0.268 e. The molecule has 3 aliphatic heterocycles. The van der Waals surface area contributed by atoms with Gasteiger partial charge in [-0.3, -0.25) is 19.3 Å². The quantitative estimate of drug-likeness (QED) is 0.191. The van der Waals surface area contributed by atoms with Gasteiger partial charge in [0.15, 0.2) is 13.9 Å². The van der Waals surface area contributed by atoms with Crippen LogP contribution in [0.3, 0.4) is 0 Å². The Morgan fingerprint density at radius 1 is 1.08 bits per heavy atom. The number of amides is 3. The largest absolute Gasteiger partial charge is 0.432 e. The molecule has 0 saturated carbocycles. The number of aliphatic hydroxyl groups is 1.